The molecule has 23 heavy (non-hydrogen) atoms. The van der Waals surface area contributed by atoms with Crippen LogP contribution in [0.2, 0.25) is 0 Å². The number of ether oxygens (including phenoxy) is 1. The van der Waals surface area contributed by atoms with E-state index in [-0.39, 0.29) is 17.5 Å². The van der Waals surface area contributed by atoms with Gasteiger partial charge in [-0.1, -0.05) is 37.3 Å². The molecule has 1 fully saturated rings. The summed E-state index contributed by atoms with van der Waals surface area (Å²) in [5.74, 6) is -0.256. The van der Waals surface area contributed by atoms with Crippen molar-refractivity contribution < 1.29 is 19.4 Å². The average Bonchev–Trinajstić information content (AvgIpc) is 2.55. The molecule has 1 aliphatic carbocycles. The molecule has 0 unspecified atom stereocenters. The number of hydrogen-bond acceptors (Lipinski definition) is 4. The van der Waals surface area contributed by atoms with Gasteiger partial charge in [0.05, 0.1) is 5.57 Å². The molecule has 0 saturated heterocycles. The van der Waals surface area contributed by atoms with Gasteiger partial charge >= 0.3 is 5.97 Å². The second-order valence-electron chi connectivity index (χ2n) is 6.52. The number of hydrogen-bond donors (Lipinski definition) is 1. The van der Waals surface area contributed by atoms with Crippen LogP contribution in [0.3, 0.4) is 0 Å². The Morgan fingerprint density at radius 1 is 1.17 bits per heavy atom. The Bertz CT molecular complexity index is 635. The molecule has 1 saturated carbocycles. The van der Waals surface area contributed by atoms with Crippen LogP contribution in [-0.2, 0) is 14.3 Å². The Balaban J connectivity index is 1.90. The van der Waals surface area contributed by atoms with Crippen LogP contribution in [0.4, 0.5) is 0 Å². The second kappa shape index (κ2) is 6.19. The summed E-state index contributed by atoms with van der Waals surface area (Å²) in [6.07, 6.45) is 2.90. The zero-order valence-corrected chi connectivity index (χ0v) is 13.4. The summed E-state index contributed by atoms with van der Waals surface area (Å²) >= 11 is 0. The highest BCUT2D eigenvalue weighted by Gasteiger charge is 2.45. The number of aliphatic hydroxyl groups is 1. The lowest BCUT2D eigenvalue weighted by Gasteiger charge is -2.40. The highest BCUT2D eigenvalue weighted by molar-refractivity contribution is 5.92. The van der Waals surface area contributed by atoms with Gasteiger partial charge < -0.3 is 9.84 Å². The summed E-state index contributed by atoms with van der Waals surface area (Å²) < 4.78 is 5.74. The standard InChI is InChI=1S/C19H22O4/c1-2-15(13-6-4-3-5-7-13)17-16(21)12-19(23-18(17)22)10-8-14(20)9-11-19/h3-7,15,21H,2,8-12H2,1H3/t15-/m1/s1. The lowest BCUT2D eigenvalue weighted by atomic mass is 9.77. The fourth-order valence-electron chi connectivity index (χ4n) is 3.70. The zero-order chi connectivity index (χ0) is 16.4. The van der Waals surface area contributed by atoms with Gasteiger partial charge in [0.15, 0.2) is 0 Å². The summed E-state index contributed by atoms with van der Waals surface area (Å²) in [7, 11) is 0. The van der Waals surface area contributed by atoms with Gasteiger partial charge in [-0.15, -0.1) is 0 Å². The molecule has 1 aliphatic heterocycles. The van der Waals surface area contributed by atoms with Gasteiger partial charge in [-0.2, -0.15) is 0 Å². The molecule has 2 aliphatic rings. The average molecular weight is 314 g/mol. The minimum absolute atomic E-state index is 0.131. The number of carbonyl (C=O) groups is 2. The molecule has 0 aromatic heterocycles. The van der Waals surface area contributed by atoms with Gasteiger partial charge in [-0.3, -0.25) is 4.79 Å². The van der Waals surface area contributed by atoms with E-state index in [9.17, 15) is 14.7 Å². The number of rotatable bonds is 3. The zero-order valence-electron chi connectivity index (χ0n) is 13.4. The first kappa shape index (κ1) is 15.8. The summed E-state index contributed by atoms with van der Waals surface area (Å²) in [5, 5.41) is 10.6. The van der Waals surface area contributed by atoms with Crippen LogP contribution in [0.15, 0.2) is 41.7 Å². The molecular weight excluding hydrogens is 292 g/mol. The molecule has 3 rings (SSSR count). The maximum atomic E-state index is 12.6. The highest BCUT2D eigenvalue weighted by atomic mass is 16.6. The maximum Gasteiger partial charge on any atom is 0.338 e. The smallest absolute Gasteiger partial charge is 0.338 e. The second-order valence-corrected chi connectivity index (χ2v) is 6.52. The van der Waals surface area contributed by atoms with Crippen LogP contribution in [0.25, 0.3) is 0 Å². The monoisotopic (exact) mass is 314 g/mol. The number of Topliss-reactive ketones (excluding diaryl/α,β-unsaturated/α-hetero) is 1. The van der Waals surface area contributed by atoms with Gasteiger partial charge in [0, 0.05) is 25.2 Å². The molecule has 1 heterocycles. The fourth-order valence-corrected chi connectivity index (χ4v) is 3.70. The molecule has 1 aromatic rings. The van der Waals surface area contributed by atoms with Crippen LogP contribution in [0.5, 0.6) is 0 Å². The molecular formula is C19H22O4. The van der Waals surface area contributed by atoms with Crippen molar-refractivity contribution in [3.63, 3.8) is 0 Å². The number of carbonyl (C=O) groups excluding carboxylic acids is 2. The fraction of sp³-hybridized carbons (Fsp3) is 0.474. The summed E-state index contributed by atoms with van der Waals surface area (Å²) in [6, 6.07) is 9.71. The van der Waals surface area contributed by atoms with E-state index in [1.165, 1.54) is 0 Å². The van der Waals surface area contributed by atoms with E-state index in [1.54, 1.807) is 0 Å². The molecule has 1 spiro atoms. The normalized spacial score (nSPS) is 22.1. The third-order valence-electron chi connectivity index (χ3n) is 5.01. The summed E-state index contributed by atoms with van der Waals surface area (Å²) in [4.78, 5) is 24.0. The largest absolute Gasteiger partial charge is 0.512 e. The Hall–Kier alpha value is -2.10. The minimum atomic E-state index is -0.687. The molecule has 122 valence electrons. The van der Waals surface area contributed by atoms with E-state index in [4.69, 9.17) is 4.74 Å². The molecule has 0 radical (unpaired) electrons. The molecule has 1 aromatic carbocycles. The molecule has 0 bridgehead atoms. The molecule has 4 heteroatoms. The predicted octanol–water partition coefficient (Wildman–Crippen LogP) is 3.82. The van der Waals surface area contributed by atoms with Crippen molar-refractivity contribution in [2.75, 3.05) is 0 Å². The van der Waals surface area contributed by atoms with E-state index < -0.39 is 11.6 Å². The van der Waals surface area contributed by atoms with Crippen molar-refractivity contribution >= 4 is 11.8 Å². The third-order valence-corrected chi connectivity index (χ3v) is 5.01. The SMILES string of the molecule is CC[C@@H](C1=C(O)CC2(CCC(=O)CC2)OC1=O)c1ccccc1. The van der Waals surface area contributed by atoms with Crippen LogP contribution < -0.4 is 0 Å². The Morgan fingerprint density at radius 3 is 2.39 bits per heavy atom. The van der Waals surface area contributed by atoms with E-state index in [0.29, 0.717) is 44.1 Å². The Kier molecular flexibility index (Phi) is 4.24. The van der Waals surface area contributed by atoms with Crippen LogP contribution in [-0.4, -0.2) is 22.5 Å². The highest BCUT2D eigenvalue weighted by Crippen LogP contribution is 2.43. The van der Waals surface area contributed by atoms with Gasteiger partial charge in [0.2, 0.25) is 0 Å². The van der Waals surface area contributed by atoms with Gasteiger partial charge in [0.25, 0.3) is 0 Å². The summed E-state index contributed by atoms with van der Waals surface area (Å²) in [6.45, 7) is 1.99. The first-order chi connectivity index (χ1) is 11.0. The number of ketones is 1. The molecule has 1 N–H and O–H groups in total. The number of esters is 1. The lowest BCUT2D eigenvalue weighted by molar-refractivity contribution is -0.165. The molecule has 0 amide bonds. The molecule has 1 atom stereocenters. The number of benzene rings is 1. The topological polar surface area (TPSA) is 63.6 Å². The molecule has 4 nitrogen and oxygen atoms in total. The van der Waals surface area contributed by atoms with Crippen LogP contribution >= 0.6 is 0 Å². The van der Waals surface area contributed by atoms with Gasteiger partial charge in [0.1, 0.15) is 17.1 Å². The van der Waals surface area contributed by atoms with E-state index in [2.05, 4.69) is 0 Å². The van der Waals surface area contributed by atoms with E-state index in [0.717, 1.165) is 5.56 Å². The van der Waals surface area contributed by atoms with E-state index >= 15 is 0 Å². The van der Waals surface area contributed by atoms with Crippen molar-refractivity contribution in [3.8, 4) is 0 Å². The van der Waals surface area contributed by atoms with Crippen LogP contribution in [0, 0.1) is 0 Å². The van der Waals surface area contributed by atoms with Crippen molar-refractivity contribution in [1.29, 1.82) is 0 Å². The first-order valence-electron chi connectivity index (χ1n) is 8.26. The third kappa shape index (κ3) is 3.03. The quantitative estimate of drug-likeness (QED) is 0.861. The van der Waals surface area contributed by atoms with Crippen molar-refractivity contribution in [1.82, 2.24) is 0 Å². The van der Waals surface area contributed by atoms with Crippen molar-refractivity contribution in [3.05, 3.63) is 47.2 Å². The lowest BCUT2D eigenvalue weighted by Crippen LogP contribution is -2.44. The Labute approximate surface area is 136 Å². The first-order valence-corrected chi connectivity index (χ1v) is 8.26. The predicted molar refractivity (Wildman–Crippen MR) is 86.0 cm³/mol. The van der Waals surface area contributed by atoms with Crippen molar-refractivity contribution in [2.24, 2.45) is 0 Å². The van der Waals surface area contributed by atoms with E-state index in [1.807, 2.05) is 37.3 Å². The minimum Gasteiger partial charge on any atom is -0.512 e. The Morgan fingerprint density at radius 2 is 1.83 bits per heavy atom. The van der Waals surface area contributed by atoms with Gasteiger partial charge in [-0.05, 0) is 24.8 Å². The van der Waals surface area contributed by atoms with Crippen LogP contribution in [0.1, 0.15) is 56.9 Å². The van der Waals surface area contributed by atoms with Gasteiger partial charge in [-0.25, -0.2) is 4.79 Å². The number of aliphatic hydroxyl groups excluding tert-OH is 1. The van der Waals surface area contributed by atoms with Crippen molar-refractivity contribution in [2.45, 2.75) is 57.0 Å². The summed E-state index contributed by atoms with van der Waals surface area (Å²) in [5.41, 5.74) is 0.692. The maximum absolute atomic E-state index is 12.6.